The molecule has 3 aromatic rings. The van der Waals surface area contributed by atoms with Gasteiger partial charge in [-0.15, -0.1) is 0 Å². The molecule has 6 nitrogen and oxygen atoms in total. The zero-order chi connectivity index (χ0) is 20.3. The van der Waals surface area contributed by atoms with Gasteiger partial charge in [-0.3, -0.25) is 4.79 Å². The molecule has 0 aliphatic heterocycles. The summed E-state index contributed by atoms with van der Waals surface area (Å²) < 4.78 is 12.0. The van der Waals surface area contributed by atoms with E-state index in [-0.39, 0.29) is 12.5 Å². The van der Waals surface area contributed by atoms with Crippen molar-refractivity contribution in [1.82, 2.24) is 10.1 Å². The van der Waals surface area contributed by atoms with Gasteiger partial charge >= 0.3 is 5.97 Å². The van der Waals surface area contributed by atoms with Crippen LogP contribution in [-0.4, -0.2) is 27.3 Å². The van der Waals surface area contributed by atoms with Gasteiger partial charge in [0.1, 0.15) is 5.75 Å². The number of halogens is 1. The molecule has 0 saturated carbocycles. The Kier molecular flexibility index (Phi) is 6.14. The summed E-state index contributed by atoms with van der Waals surface area (Å²) in [7, 11) is 0. The predicted molar refractivity (Wildman–Crippen MR) is 109 cm³/mol. The molecule has 0 fully saturated rings. The quantitative estimate of drug-likeness (QED) is 0.533. The van der Waals surface area contributed by atoms with Crippen molar-refractivity contribution in [3.63, 3.8) is 0 Å². The number of aryl methyl sites for hydroxylation is 2. The molecular weight excluding hydrogens is 424 g/mol. The molecule has 0 bridgehead atoms. The second-order valence-electron chi connectivity index (χ2n) is 6.78. The molecule has 0 aliphatic carbocycles. The maximum Gasteiger partial charge on any atom is 0.303 e. The first-order valence-corrected chi connectivity index (χ1v) is 9.74. The fraction of sp³-hybridized carbons (Fsp3) is 0.286. The van der Waals surface area contributed by atoms with E-state index >= 15 is 0 Å². The molecule has 7 heteroatoms. The molecule has 0 radical (unpaired) electrons. The van der Waals surface area contributed by atoms with Crippen molar-refractivity contribution in [2.75, 3.05) is 0 Å². The van der Waals surface area contributed by atoms with Crippen molar-refractivity contribution in [2.45, 2.75) is 39.7 Å². The lowest BCUT2D eigenvalue weighted by molar-refractivity contribution is -0.136. The molecule has 0 aliphatic rings. The van der Waals surface area contributed by atoms with Crippen LogP contribution in [0.15, 0.2) is 45.4 Å². The number of aromatic nitrogens is 2. The summed E-state index contributed by atoms with van der Waals surface area (Å²) in [4.78, 5) is 15.3. The number of nitrogens with zero attached hydrogens (tertiary/aromatic N) is 2. The SMILES string of the molecule is Cc1cc(CCC(=O)O)ccc1-c1noc(-c2ccc(OC(C)C)c(Br)c2)n1. The van der Waals surface area contributed by atoms with Gasteiger partial charge < -0.3 is 14.4 Å². The summed E-state index contributed by atoms with van der Waals surface area (Å²) in [5, 5.41) is 12.9. The number of hydrogen-bond acceptors (Lipinski definition) is 5. The molecule has 1 aromatic heterocycles. The molecule has 1 heterocycles. The van der Waals surface area contributed by atoms with E-state index in [4.69, 9.17) is 14.4 Å². The van der Waals surface area contributed by atoms with Crippen LogP contribution >= 0.6 is 15.9 Å². The average molecular weight is 445 g/mol. The smallest absolute Gasteiger partial charge is 0.303 e. The van der Waals surface area contributed by atoms with Gasteiger partial charge in [0, 0.05) is 17.5 Å². The van der Waals surface area contributed by atoms with Gasteiger partial charge in [-0.1, -0.05) is 23.4 Å². The lowest BCUT2D eigenvalue weighted by Gasteiger charge is -2.11. The lowest BCUT2D eigenvalue weighted by Crippen LogP contribution is -2.05. The molecule has 146 valence electrons. The molecule has 0 saturated heterocycles. The molecule has 28 heavy (non-hydrogen) atoms. The van der Waals surface area contributed by atoms with E-state index in [0.717, 1.165) is 32.5 Å². The van der Waals surface area contributed by atoms with E-state index in [9.17, 15) is 4.79 Å². The van der Waals surface area contributed by atoms with Gasteiger partial charge in [-0.25, -0.2) is 0 Å². The highest BCUT2D eigenvalue weighted by Gasteiger charge is 2.15. The Balaban J connectivity index is 1.82. The minimum Gasteiger partial charge on any atom is -0.490 e. The van der Waals surface area contributed by atoms with Gasteiger partial charge in [0.05, 0.1) is 10.6 Å². The molecule has 2 aromatic carbocycles. The Morgan fingerprint density at radius 3 is 2.68 bits per heavy atom. The molecule has 1 N–H and O–H groups in total. The van der Waals surface area contributed by atoms with Gasteiger partial charge in [0.2, 0.25) is 5.82 Å². The Morgan fingerprint density at radius 1 is 1.25 bits per heavy atom. The third-order valence-electron chi connectivity index (χ3n) is 4.13. The highest BCUT2D eigenvalue weighted by molar-refractivity contribution is 9.10. The Labute approximate surface area is 171 Å². The third-order valence-corrected chi connectivity index (χ3v) is 4.75. The zero-order valence-electron chi connectivity index (χ0n) is 15.9. The van der Waals surface area contributed by atoms with Crippen molar-refractivity contribution in [2.24, 2.45) is 0 Å². The van der Waals surface area contributed by atoms with E-state index in [0.29, 0.717) is 18.1 Å². The van der Waals surface area contributed by atoms with E-state index < -0.39 is 5.97 Å². The van der Waals surface area contributed by atoms with Crippen LogP contribution in [0.2, 0.25) is 0 Å². The van der Waals surface area contributed by atoms with Crippen molar-refractivity contribution in [1.29, 1.82) is 0 Å². The van der Waals surface area contributed by atoms with Crippen LogP contribution in [0, 0.1) is 6.92 Å². The van der Waals surface area contributed by atoms with Crippen LogP contribution in [0.3, 0.4) is 0 Å². The predicted octanol–water partition coefficient (Wildman–Crippen LogP) is 5.28. The van der Waals surface area contributed by atoms with Crippen LogP contribution in [-0.2, 0) is 11.2 Å². The average Bonchev–Trinajstić information content (AvgIpc) is 3.11. The number of benzene rings is 2. The topological polar surface area (TPSA) is 85.5 Å². The summed E-state index contributed by atoms with van der Waals surface area (Å²) in [6.07, 6.45) is 0.683. The van der Waals surface area contributed by atoms with E-state index in [2.05, 4.69) is 26.1 Å². The van der Waals surface area contributed by atoms with E-state index in [1.54, 1.807) is 0 Å². The van der Waals surface area contributed by atoms with Gasteiger partial charge in [0.15, 0.2) is 0 Å². The minimum atomic E-state index is -0.805. The van der Waals surface area contributed by atoms with E-state index in [1.165, 1.54) is 0 Å². The maximum atomic E-state index is 10.7. The number of rotatable bonds is 7. The van der Waals surface area contributed by atoms with Crippen LogP contribution in [0.4, 0.5) is 0 Å². The standard InChI is InChI=1S/C21H21BrN2O4/c1-12(2)27-18-8-6-15(11-17(18)22)21-23-20(24-28-21)16-7-4-14(10-13(16)3)5-9-19(25)26/h4,6-8,10-12H,5,9H2,1-3H3,(H,25,26). The highest BCUT2D eigenvalue weighted by Crippen LogP contribution is 2.32. The molecular formula is C21H21BrN2O4. The van der Waals surface area contributed by atoms with Gasteiger partial charge in [0.25, 0.3) is 5.89 Å². The fourth-order valence-electron chi connectivity index (χ4n) is 2.82. The van der Waals surface area contributed by atoms with Crippen molar-refractivity contribution in [3.05, 3.63) is 52.0 Å². The molecule has 0 atom stereocenters. The third kappa shape index (κ3) is 4.78. The number of aliphatic carboxylic acids is 1. The lowest BCUT2D eigenvalue weighted by atomic mass is 10.0. The van der Waals surface area contributed by atoms with Crippen LogP contribution in [0.5, 0.6) is 5.75 Å². The number of carbonyl (C=O) groups is 1. The molecule has 3 rings (SSSR count). The van der Waals surface area contributed by atoms with Crippen LogP contribution in [0.25, 0.3) is 22.8 Å². The fourth-order valence-corrected chi connectivity index (χ4v) is 3.29. The molecule has 0 unspecified atom stereocenters. The summed E-state index contributed by atoms with van der Waals surface area (Å²) in [5.41, 5.74) is 3.58. The first-order chi connectivity index (χ1) is 13.3. The first-order valence-electron chi connectivity index (χ1n) is 8.95. The van der Waals surface area contributed by atoms with Crippen molar-refractivity contribution in [3.8, 4) is 28.6 Å². The Hall–Kier alpha value is -2.67. The minimum absolute atomic E-state index is 0.0820. The zero-order valence-corrected chi connectivity index (χ0v) is 17.5. The molecule has 0 spiro atoms. The second kappa shape index (κ2) is 8.56. The Morgan fingerprint density at radius 2 is 2.04 bits per heavy atom. The summed E-state index contributed by atoms with van der Waals surface area (Å²) in [6, 6.07) is 11.4. The number of ether oxygens (including phenoxy) is 1. The van der Waals surface area contributed by atoms with Crippen LogP contribution in [0.1, 0.15) is 31.4 Å². The summed E-state index contributed by atoms with van der Waals surface area (Å²) >= 11 is 3.51. The normalized spacial score (nSPS) is 11.0. The number of hydrogen-bond donors (Lipinski definition) is 1. The van der Waals surface area contributed by atoms with Gasteiger partial charge in [-0.2, -0.15) is 4.98 Å². The van der Waals surface area contributed by atoms with Crippen molar-refractivity contribution < 1.29 is 19.2 Å². The Bertz CT molecular complexity index is 998. The summed E-state index contributed by atoms with van der Waals surface area (Å²) in [5.74, 6) is 0.865. The highest BCUT2D eigenvalue weighted by atomic mass is 79.9. The maximum absolute atomic E-state index is 10.7. The number of carboxylic acid groups (broad SMARTS) is 1. The van der Waals surface area contributed by atoms with Crippen molar-refractivity contribution >= 4 is 21.9 Å². The number of carboxylic acids is 1. The van der Waals surface area contributed by atoms with Gasteiger partial charge in [-0.05, 0) is 72.4 Å². The second-order valence-corrected chi connectivity index (χ2v) is 7.63. The molecule has 0 amide bonds. The summed E-state index contributed by atoms with van der Waals surface area (Å²) in [6.45, 7) is 5.89. The monoisotopic (exact) mass is 444 g/mol. The first kappa shape index (κ1) is 20.1. The van der Waals surface area contributed by atoms with E-state index in [1.807, 2.05) is 57.2 Å². The van der Waals surface area contributed by atoms with Crippen LogP contribution < -0.4 is 4.74 Å². The largest absolute Gasteiger partial charge is 0.490 e.